The molecule has 0 radical (unpaired) electrons. The van der Waals surface area contributed by atoms with Gasteiger partial charge in [0.2, 0.25) is 0 Å². The summed E-state index contributed by atoms with van der Waals surface area (Å²) in [6, 6.07) is 0. The van der Waals surface area contributed by atoms with Gasteiger partial charge >= 0.3 is 0 Å². The molecular weight excluding hydrogens is 122 g/mol. The maximum atomic E-state index is 3.09. The lowest BCUT2D eigenvalue weighted by Crippen LogP contribution is -2.67. The Bertz CT molecular complexity index is 305. The quantitative estimate of drug-likeness (QED) is 0.436. The van der Waals surface area contributed by atoms with E-state index in [1.54, 1.807) is 0 Å². The number of hydrogen-bond donors (Lipinski definition) is 1. The van der Waals surface area contributed by atoms with Crippen molar-refractivity contribution in [3.8, 4) is 0 Å². The molecule has 1 heterocycles. The molecule has 1 heteroatoms. The zero-order valence-electron chi connectivity index (χ0n) is 5.39. The molecule has 0 aromatic rings. The number of nitrogens with one attached hydrogen (secondary N) is 1. The predicted octanol–water partition coefficient (Wildman–Crippen LogP) is -0.158. The number of allylic oxidation sites excluding steroid dienone is 2. The molecule has 0 saturated heterocycles. The summed E-state index contributed by atoms with van der Waals surface area (Å²) in [5, 5.41) is 0. The van der Waals surface area contributed by atoms with Crippen LogP contribution >= 0.6 is 0 Å². The molecular formula is C9H6N+. The highest BCUT2D eigenvalue weighted by molar-refractivity contribution is 5.68. The lowest BCUT2D eigenvalue weighted by molar-refractivity contribution is -0.385. The molecule has 0 unspecified atom stereocenters. The van der Waals surface area contributed by atoms with Crippen molar-refractivity contribution in [2.24, 2.45) is 0 Å². The molecule has 1 aliphatic carbocycles. The summed E-state index contributed by atoms with van der Waals surface area (Å²) in [6.45, 7) is 0. The molecule has 0 saturated carbocycles. The van der Waals surface area contributed by atoms with Crippen molar-refractivity contribution in [2.45, 2.75) is 0 Å². The topological polar surface area (TPSA) is 14.0 Å². The fourth-order valence-corrected chi connectivity index (χ4v) is 0.933. The van der Waals surface area contributed by atoms with Gasteiger partial charge in [-0.2, -0.15) is 0 Å². The minimum atomic E-state index is 1.00. The predicted molar refractivity (Wildman–Crippen MR) is 39.4 cm³/mol. The summed E-state index contributed by atoms with van der Waals surface area (Å²) in [5.74, 6) is 0. The van der Waals surface area contributed by atoms with E-state index in [0.29, 0.717) is 0 Å². The average Bonchev–Trinajstić information content (AvgIpc) is 2.05. The van der Waals surface area contributed by atoms with Crippen molar-refractivity contribution in [1.29, 1.82) is 0 Å². The molecule has 0 aromatic heterocycles. The Hall–Kier alpha value is -1.55. The van der Waals surface area contributed by atoms with Crippen LogP contribution in [0, 0.1) is 0 Å². The first-order valence-electron chi connectivity index (χ1n) is 3.15. The van der Waals surface area contributed by atoms with E-state index in [1.165, 1.54) is 0 Å². The van der Waals surface area contributed by atoms with Crippen LogP contribution in [0.4, 0.5) is 0 Å². The Balaban J connectivity index is 2.72. The van der Waals surface area contributed by atoms with Crippen LogP contribution in [0.3, 0.4) is 0 Å². The van der Waals surface area contributed by atoms with E-state index in [4.69, 9.17) is 0 Å². The van der Waals surface area contributed by atoms with Gasteiger partial charge in [-0.15, -0.1) is 0 Å². The molecule has 46 valence electrons. The molecule has 2 aliphatic rings. The van der Waals surface area contributed by atoms with Crippen LogP contribution in [-0.2, 0) is 0 Å². The van der Waals surface area contributed by atoms with E-state index in [0.717, 1.165) is 11.3 Å². The molecule has 0 bridgehead atoms. The fraction of sp³-hybridized carbons (Fsp3) is 0. The summed E-state index contributed by atoms with van der Waals surface area (Å²) < 4.78 is 0. The first-order valence-corrected chi connectivity index (χ1v) is 3.15. The summed E-state index contributed by atoms with van der Waals surface area (Å²) in [4.78, 5) is 3.06. The second-order valence-corrected chi connectivity index (χ2v) is 2.08. The Morgan fingerprint density at radius 1 is 1.20 bits per heavy atom. The smallest absolute Gasteiger partial charge is 0.203 e. The second kappa shape index (κ2) is 2.00. The fourth-order valence-electron chi connectivity index (χ4n) is 0.933. The molecule has 0 atom stereocenters. The molecule has 0 amide bonds. The molecule has 1 nitrogen and oxygen atoms in total. The highest BCUT2D eigenvalue weighted by atomic mass is 14.7. The zero-order valence-corrected chi connectivity index (χ0v) is 5.39. The minimum Gasteiger partial charge on any atom is -0.203 e. The van der Waals surface area contributed by atoms with E-state index in [-0.39, 0.29) is 0 Å². The molecule has 1 aliphatic heterocycles. The highest BCUT2D eigenvalue weighted by Gasteiger charge is 2.07. The first-order chi connectivity index (χ1) is 4.97. The van der Waals surface area contributed by atoms with Crippen molar-refractivity contribution < 1.29 is 4.99 Å². The van der Waals surface area contributed by atoms with Gasteiger partial charge < -0.3 is 0 Å². The number of fused-ring (bicyclic) bond motifs is 1. The van der Waals surface area contributed by atoms with Crippen LogP contribution in [0.5, 0.6) is 0 Å². The lowest BCUT2D eigenvalue weighted by atomic mass is 10.1. The van der Waals surface area contributed by atoms with Crippen LogP contribution in [0.25, 0.3) is 0 Å². The zero-order chi connectivity index (χ0) is 6.81. The molecule has 0 aromatic carbocycles. The molecule has 1 N–H and O–H groups in total. The van der Waals surface area contributed by atoms with Crippen LogP contribution in [0.2, 0.25) is 0 Å². The van der Waals surface area contributed by atoms with Crippen molar-refractivity contribution >= 4 is 6.21 Å². The van der Waals surface area contributed by atoms with Gasteiger partial charge in [-0.1, -0.05) is 11.8 Å². The second-order valence-electron chi connectivity index (χ2n) is 2.08. The maximum Gasteiger partial charge on any atom is 0.262 e. The van der Waals surface area contributed by atoms with E-state index in [2.05, 4.69) is 16.5 Å². The normalized spacial score (nSPS) is 18.4. The Kier molecular flexibility index (Phi) is 1.05. The maximum absolute atomic E-state index is 3.09. The van der Waals surface area contributed by atoms with E-state index >= 15 is 0 Å². The van der Waals surface area contributed by atoms with Crippen molar-refractivity contribution in [3.05, 3.63) is 47.0 Å². The Morgan fingerprint density at radius 3 is 3.10 bits per heavy atom. The standard InChI is InChI=1S/C9H5N/c1-2-6-9-8(4-1)5-3-7-10-9/h1-4,7H/p+1. The largest absolute Gasteiger partial charge is 0.262 e. The summed E-state index contributed by atoms with van der Waals surface area (Å²) in [6.07, 6.45) is 9.54. The highest BCUT2D eigenvalue weighted by Crippen LogP contribution is 2.05. The van der Waals surface area contributed by atoms with Gasteiger partial charge in [0, 0.05) is 6.08 Å². The van der Waals surface area contributed by atoms with Gasteiger partial charge in [-0.3, -0.25) is 0 Å². The van der Waals surface area contributed by atoms with Gasteiger partial charge in [0.25, 0.3) is 5.70 Å². The van der Waals surface area contributed by atoms with Crippen molar-refractivity contribution in [2.75, 3.05) is 0 Å². The van der Waals surface area contributed by atoms with Gasteiger partial charge in [-0.25, -0.2) is 4.99 Å². The third kappa shape index (κ3) is 0.708. The summed E-state index contributed by atoms with van der Waals surface area (Å²) >= 11 is 0. The van der Waals surface area contributed by atoms with Crippen LogP contribution in [-0.4, -0.2) is 6.21 Å². The van der Waals surface area contributed by atoms with E-state index in [9.17, 15) is 0 Å². The van der Waals surface area contributed by atoms with Gasteiger partial charge in [0.05, 0.1) is 5.57 Å². The summed E-state index contributed by atoms with van der Waals surface area (Å²) in [5.41, 5.74) is 8.23. The van der Waals surface area contributed by atoms with Crippen LogP contribution in [0.15, 0.2) is 47.0 Å². The molecule has 0 spiro atoms. The third-order valence-electron chi connectivity index (χ3n) is 1.41. The number of hydrogen-bond acceptors (Lipinski definition) is 0. The SMILES string of the molecule is C1=CC=[NH+]C2=C=CC=CC=12. The van der Waals surface area contributed by atoms with Gasteiger partial charge in [0.15, 0.2) is 6.21 Å². The monoisotopic (exact) mass is 128 g/mol. The van der Waals surface area contributed by atoms with Crippen molar-refractivity contribution in [1.82, 2.24) is 0 Å². The molecule has 10 heavy (non-hydrogen) atoms. The minimum absolute atomic E-state index is 1.00. The Morgan fingerprint density at radius 2 is 2.20 bits per heavy atom. The van der Waals surface area contributed by atoms with E-state index in [1.807, 2.05) is 30.5 Å². The number of rotatable bonds is 0. The molecule has 0 fully saturated rings. The van der Waals surface area contributed by atoms with Crippen LogP contribution in [0.1, 0.15) is 0 Å². The van der Waals surface area contributed by atoms with Crippen LogP contribution < -0.4 is 4.99 Å². The molecule has 2 rings (SSSR count). The Labute approximate surface area is 59.1 Å². The summed E-state index contributed by atoms with van der Waals surface area (Å²) in [7, 11) is 0. The van der Waals surface area contributed by atoms with E-state index < -0.39 is 0 Å². The van der Waals surface area contributed by atoms with Crippen molar-refractivity contribution in [3.63, 3.8) is 0 Å². The lowest BCUT2D eigenvalue weighted by Gasteiger charge is -1.94. The van der Waals surface area contributed by atoms with Gasteiger partial charge in [0.1, 0.15) is 0 Å². The first kappa shape index (κ1) is 5.25. The average molecular weight is 128 g/mol. The van der Waals surface area contributed by atoms with Gasteiger partial charge in [-0.05, 0) is 17.9 Å². The third-order valence-corrected chi connectivity index (χ3v) is 1.41.